The minimum absolute atomic E-state index is 0.102. The molecule has 2 aromatic carbocycles. The molecule has 0 heterocycles. The number of hydrogen-bond donors (Lipinski definition) is 2. The Morgan fingerprint density at radius 3 is 2.41 bits per heavy atom. The lowest BCUT2D eigenvalue weighted by molar-refractivity contribution is -0.142. The maximum atomic E-state index is 12.4. The second-order valence-electron chi connectivity index (χ2n) is 7.45. The Bertz CT molecular complexity index is 814. The summed E-state index contributed by atoms with van der Waals surface area (Å²) in [7, 11) is 0. The fourth-order valence-electron chi connectivity index (χ4n) is 3.48. The molecule has 3 atom stereocenters. The lowest BCUT2D eigenvalue weighted by Gasteiger charge is -2.13. The molecule has 0 saturated heterocycles. The van der Waals surface area contributed by atoms with Gasteiger partial charge in [-0.2, -0.15) is 0 Å². The Balaban J connectivity index is 1.29. The zero-order valence-electron chi connectivity index (χ0n) is 15.0. The molecule has 140 valence electrons. The van der Waals surface area contributed by atoms with Crippen molar-refractivity contribution in [3.05, 3.63) is 65.7 Å². The average Bonchev–Trinajstić information content (AvgIpc) is 3.59. The fourth-order valence-corrected chi connectivity index (χ4v) is 3.48. The molecule has 0 aromatic heterocycles. The van der Waals surface area contributed by atoms with E-state index in [2.05, 4.69) is 5.32 Å². The fraction of sp³-hybridized carbons (Fsp3) is 0.364. The molecule has 2 aliphatic rings. The van der Waals surface area contributed by atoms with E-state index in [0.717, 1.165) is 36.1 Å². The molecule has 3 unspecified atom stereocenters. The highest BCUT2D eigenvalue weighted by atomic mass is 16.5. The van der Waals surface area contributed by atoms with Gasteiger partial charge in [0.25, 0.3) is 0 Å². The van der Waals surface area contributed by atoms with E-state index in [1.54, 1.807) is 0 Å². The van der Waals surface area contributed by atoms with Crippen LogP contribution in [0.1, 0.15) is 36.3 Å². The molecular weight excluding hydrogens is 342 g/mol. The van der Waals surface area contributed by atoms with E-state index in [0.29, 0.717) is 6.61 Å². The monoisotopic (exact) mass is 365 g/mol. The Labute approximate surface area is 158 Å². The van der Waals surface area contributed by atoms with Crippen molar-refractivity contribution in [2.24, 2.45) is 11.8 Å². The normalized spacial score (nSPS) is 21.9. The maximum Gasteiger partial charge on any atom is 0.326 e. The molecule has 0 bridgehead atoms. The van der Waals surface area contributed by atoms with E-state index < -0.39 is 12.0 Å². The Morgan fingerprint density at radius 1 is 1.07 bits per heavy atom. The van der Waals surface area contributed by atoms with Gasteiger partial charge >= 0.3 is 5.97 Å². The molecule has 2 aromatic rings. The number of nitrogens with one attached hydrogen (secondary N) is 1. The number of carbonyl (C=O) groups is 2. The van der Waals surface area contributed by atoms with Crippen LogP contribution in [0.4, 0.5) is 0 Å². The first-order chi connectivity index (χ1) is 13.1. The molecule has 5 heteroatoms. The Kier molecular flexibility index (Phi) is 4.84. The summed E-state index contributed by atoms with van der Waals surface area (Å²) < 4.78 is 5.79. The van der Waals surface area contributed by atoms with Crippen molar-refractivity contribution in [1.29, 1.82) is 0 Å². The van der Waals surface area contributed by atoms with Gasteiger partial charge in [-0.25, -0.2) is 4.79 Å². The van der Waals surface area contributed by atoms with Crippen LogP contribution in [-0.2, 0) is 16.2 Å². The second-order valence-corrected chi connectivity index (χ2v) is 7.45. The number of benzene rings is 2. The molecule has 5 nitrogen and oxygen atoms in total. The second kappa shape index (κ2) is 7.43. The number of ether oxygens (including phenoxy) is 1. The van der Waals surface area contributed by atoms with Gasteiger partial charge in [0.2, 0.25) is 5.91 Å². The molecule has 0 spiro atoms. The number of rotatable bonds is 8. The summed E-state index contributed by atoms with van der Waals surface area (Å²) >= 11 is 0. The van der Waals surface area contributed by atoms with Crippen molar-refractivity contribution in [2.45, 2.75) is 37.8 Å². The van der Waals surface area contributed by atoms with E-state index in [1.165, 1.54) is 0 Å². The minimum Gasteiger partial charge on any atom is -0.489 e. The highest BCUT2D eigenvalue weighted by molar-refractivity contribution is 5.87. The molecule has 2 fully saturated rings. The van der Waals surface area contributed by atoms with Crippen molar-refractivity contribution in [3.63, 3.8) is 0 Å². The predicted molar refractivity (Wildman–Crippen MR) is 100 cm³/mol. The van der Waals surface area contributed by atoms with E-state index in [1.807, 2.05) is 54.6 Å². The first-order valence-electron chi connectivity index (χ1n) is 9.41. The Hall–Kier alpha value is -2.82. The summed E-state index contributed by atoms with van der Waals surface area (Å²) in [4.78, 5) is 23.6. The largest absolute Gasteiger partial charge is 0.489 e. The molecule has 4 rings (SSSR count). The van der Waals surface area contributed by atoms with Gasteiger partial charge in [0.05, 0.1) is 0 Å². The predicted octanol–water partition coefficient (Wildman–Crippen LogP) is 3.35. The van der Waals surface area contributed by atoms with Gasteiger partial charge in [-0.3, -0.25) is 4.79 Å². The first kappa shape index (κ1) is 17.6. The van der Waals surface area contributed by atoms with Crippen LogP contribution < -0.4 is 10.1 Å². The standard InChI is InChI=1S/C22H23NO4/c24-21(23-20(22(25)26)16-6-7-16)19-12-18(19)15-8-10-17(11-9-15)27-13-14-4-2-1-3-5-14/h1-5,8-11,16,18-20H,6-7,12-13H2,(H,23,24)(H,25,26). The van der Waals surface area contributed by atoms with Crippen molar-refractivity contribution in [3.8, 4) is 5.75 Å². The number of carboxylic acids is 1. The van der Waals surface area contributed by atoms with Crippen LogP contribution in [0, 0.1) is 11.8 Å². The van der Waals surface area contributed by atoms with Crippen LogP contribution in [0.2, 0.25) is 0 Å². The van der Waals surface area contributed by atoms with Crippen LogP contribution in [-0.4, -0.2) is 23.0 Å². The van der Waals surface area contributed by atoms with E-state index >= 15 is 0 Å². The zero-order valence-corrected chi connectivity index (χ0v) is 15.0. The number of amides is 1. The SMILES string of the molecule is O=C(NC(C(=O)O)C1CC1)C1CC1c1ccc(OCc2ccccc2)cc1. The molecule has 2 saturated carbocycles. The summed E-state index contributed by atoms with van der Waals surface area (Å²) in [5, 5.41) is 12.0. The summed E-state index contributed by atoms with van der Waals surface area (Å²) in [6, 6.07) is 17.1. The molecule has 0 radical (unpaired) electrons. The van der Waals surface area contributed by atoms with Crippen molar-refractivity contribution < 1.29 is 19.4 Å². The van der Waals surface area contributed by atoms with Crippen LogP contribution in [0.3, 0.4) is 0 Å². The molecule has 2 aliphatic carbocycles. The molecule has 2 N–H and O–H groups in total. The topological polar surface area (TPSA) is 75.6 Å². The zero-order chi connectivity index (χ0) is 18.8. The Morgan fingerprint density at radius 2 is 1.78 bits per heavy atom. The molecule has 27 heavy (non-hydrogen) atoms. The van der Waals surface area contributed by atoms with Crippen molar-refractivity contribution in [2.75, 3.05) is 0 Å². The first-order valence-corrected chi connectivity index (χ1v) is 9.41. The van der Waals surface area contributed by atoms with E-state index in [-0.39, 0.29) is 23.7 Å². The van der Waals surface area contributed by atoms with E-state index in [9.17, 15) is 14.7 Å². The third-order valence-corrected chi connectivity index (χ3v) is 5.34. The summed E-state index contributed by atoms with van der Waals surface area (Å²) in [6.45, 7) is 0.520. The van der Waals surface area contributed by atoms with Crippen molar-refractivity contribution >= 4 is 11.9 Å². The van der Waals surface area contributed by atoms with Crippen LogP contribution in [0.5, 0.6) is 5.75 Å². The van der Waals surface area contributed by atoms with Crippen LogP contribution in [0.25, 0.3) is 0 Å². The van der Waals surface area contributed by atoms with Gasteiger partial charge in [-0.1, -0.05) is 42.5 Å². The van der Waals surface area contributed by atoms with Crippen molar-refractivity contribution in [1.82, 2.24) is 5.32 Å². The third-order valence-electron chi connectivity index (χ3n) is 5.34. The lowest BCUT2D eigenvalue weighted by Crippen LogP contribution is -2.43. The van der Waals surface area contributed by atoms with Crippen LogP contribution in [0.15, 0.2) is 54.6 Å². The smallest absolute Gasteiger partial charge is 0.326 e. The molecule has 1 amide bonds. The highest BCUT2D eigenvalue weighted by Crippen LogP contribution is 2.48. The average molecular weight is 365 g/mol. The number of carbonyl (C=O) groups excluding carboxylic acids is 1. The summed E-state index contributed by atoms with van der Waals surface area (Å²) in [6.07, 6.45) is 2.54. The van der Waals surface area contributed by atoms with Gasteiger partial charge in [-0.15, -0.1) is 0 Å². The lowest BCUT2D eigenvalue weighted by atomic mass is 10.1. The molecule has 0 aliphatic heterocycles. The van der Waals surface area contributed by atoms with E-state index in [4.69, 9.17) is 4.74 Å². The highest BCUT2D eigenvalue weighted by Gasteiger charge is 2.46. The van der Waals surface area contributed by atoms with Gasteiger partial charge < -0.3 is 15.2 Å². The molecular formula is C22H23NO4. The quantitative estimate of drug-likeness (QED) is 0.752. The van der Waals surface area contributed by atoms with Crippen LogP contribution >= 0.6 is 0 Å². The number of aliphatic carboxylic acids is 1. The maximum absolute atomic E-state index is 12.4. The number of carboxylic acid groups (broad SMARTS) is 1. The minimum atomic E-state index is -0.928. The van der Waals surface area contributed by atoms with Gasteiger partial charge in [0, 0.05) is 5.92 Å². The number of hydrogen-bond acceptors (Lipinski definition) is 3. The third kappa shape index (κ3) is 4.30. The summed E-state index contributed by atoms with van der Waals surface area (Å²) in [5.41, 5.74) is 2.21. The van der Waals surface area contributed by atoms with Gasteiger partial charge in [-0.05, 0) is 54.4 Å². The van der Waals surface area contributed by atoms with Gasteiger partial charge in [0.15, 0.2) is 0 Å². The summed E-state index contributed by atoms with van der Waals surface area (Å²) in [5.74, 6) is -0.121. The van der Waals surface area contributed by atoms with Gasteiger partial charge in [0.1, 0.15) is 18.4 Å².